The predicted molar refractivity (Wildman–Crippen MR) is 61.8 cm³/mol. The van der Waals surface area contributed by atoms with Crippen LogP contribution in [0.4, 0.5) is 0 Å². The van der Waals surface area contributed by atoms with E-state index >= 15 is 0 Å². The maximum Gasteiger partial charge on any atom is 0.0926 e. The van der Waals surface area contributed by atoms with Crippen molar-refractivity contribution in [2.24, 2.45) is 0 Å². The molecule has 0 nitrogen and oxygen atoms in total. The predicted octanol–water partition coefficient (Wildman–Crippen LogP) is 2.63. The van der Waals surface area contributed by atoms with Crippen LogP contribution in [0.15, 0.2) is 30.3 Å². The molecule has 0 amide bonds. The van der Waals surface area contributed by atoms with E-state index in [2.05, 4.69) is 55.3 Å². The maximum atomic E-state index is 3.20. The van der Waals surface area contributed by atoms with E-state index in [-0.39, 0.29) is 0 Å². The molecule has 0 aliphatic heterocycles. The molecule has 0 aliphatic carbocycles. The van der Waals surface area contributed by atoms with Crippen LogP contribution in [0, 0.1) is 11.8 Å². The fraction of sp³-hybridized carbons (Fsp3) is 0.333. The molecule has 0 radical (unpaired) electrons. The summed E-state index contributed by atoms with van der Waals surface area (Å²) in [5, 5.41) is 1.50. The zero-order chi connectivity index (χ0) is 9.73. The van der Waals surface area contributed by atoms with Crippen LogP contribution in [0.3, 0.4) is 0 Å². The normalized spacial score (nSPS) is 10.4. The van der Waals surface area contributed by atoms with Gasteiger partial charge in [-0.3, -0.25) is 0 Å². The monoisotopic (exact) mass is 188 g/mol. The van der Waals surface area contributed by atoms with Crippen molar-refractivity contribution in [2.75, 3.05) is 0 Å². The Morgan fingerprint density at radius 3 is 2.31 bits per heavy atom. The summed E-state index contributed by atoms with van der Waals surface area (Å²) < 4.78 is 0. The zero-order valence-corrected chi connectivity index (χ0v) is 9.59. The van der Waals surface area contributed by atoms with E-state index < -0.39 is 8.07 Å². The van der Waals surface area contributed by atoms with Gasteiger partial charge in [0.2, 0.25) is 0 Å². The van der Waals surface area contributed by atoms with Crippen LogP contribution in [0.25, 0.3) is 0 Å². The van der Waals surface area contributed by atoms with Crippen molar-refractivity contribution in [3.63, 3.8) is 0 Å². The summed E-state index contributed by atoms with van der Waals surface area (Å²) in [5.41, 5.74) is 0. The van der Waals surface area contributed by atoms with Gasteiger partial charge >= 0.3 is 0 Å². The highest BCUT2D eigenvalue weighted by atomic mass is 28.3. The van der Waals surface area contributed by atoms with Crippen LogP contribution in [-0.2, 0) is 0 Å². The highest BCUT2D eigenvalue weighted by molar-refractivity contribution is 6.90. The summed E-state index contributed by atoms with van der Waals surface area (Å²) in [5.74, 6) is 6.18. The van der Waals surface area contributed by atoms with Gasteiger partial charge in [-0.25, -0.2) is 0 Å². The van der Waals surface area contributed by atoms with Gasteiger partial charge < -0.3 is 0 Å². The van der Waals surface area contributed by atoms with E-state index in [1.165, 1.54) is 5.19 Å². The molecule has 0 saturated carbocycles. The van der Waals surface area contributed by atoms with Crippen LogP contribution in [0.1, 0.15) is 6.92 Å². The summed E-state index contributed by atoms with van der Waals surface area (Å²) >= 11 is 0. The molecule has 0 saturated heterocycles. The van der Waals surface area contributed by atoms with Crippen LogP contribution in [0.5, 0.6) is 0 Å². The molecule has 0 aliphatic rings. The van der Waals surface area contributed by atoms with Gasteiger partial charge in [0.1, 0.15) is 0 Å². The van der Waals surface area contributed by atoms with Gasteiger partial charge in [-0.15, -0.1) is 11.8 Å². The Kier molecular flexibility index (Phi) is 3.33. The zero-order valence-electron chi connectivity index (χ0n) is 8.59. The minimum Gasteiger partial charge on any atom is -0.107 e. The number of hydrogen-bond acceptors (Lipinski definition) is 0. The van der Waals surface area contributed by atoms with Gasteiger partial charge in [0, 0.05) is 6.04 Å². The summed E-state index contributed by atoms with van der Waals surface area (Å²) in [4.78, 5) is 0. The highest BCUT2D eigenvalue weighted by Crippen LogP contribution is 2.08. The standard InChI is InChI=1S/C12H16Si/c1-4-5-11-13(2,3)12-9-7-6-8-10-12/h6-10H,11H2,1-3H3. The quantitative estimate of drug-likeness (QED) is 0.494. The summed E-state index contributed by atoms with van der Waals surface area (Å²) in [6, 6.07) is 11.8. The lowest BCUT2D eigenvalue weighted by molar-refractivity contribution is 1.58. The number of rotatable bonds is 2. The largest absolute Gasteiger partial charge is 0.107 e. The minimum atomic E-state index is -1.27. The van der Waals surface area contributed by atoms with Crippen LogP contribution >= 0.6 is 0 Å². The van der Waals surface area contributed by atoms with E-state index in [1.54, 1.807) is 0 Å². The third-order valence-corrected chi connectivity index (χ3v) is 5.22. The van der Waals surface area contributed by atoms with Gasteiger partial charge in [-0.2, -0.15) is 0 Å². The first-order valence-electron chi connectivity index (χ1n) is 4.62. The van der Waals surface area contributed by atoms with Crippen molar-refractivity contribution in [3.05, 3.63) is 30.3 Å². The molecule has 0 heterocycles. The van der Waals surface area contributed by atoms with Gasteiger partial charge in [0.05, 0.1) is 8.07 Å². The number of benzene rings is 1. The Hall–Kier alpha value is -1.00. The van der Waals surface area contributed by atoms with Crippen LogP contribution in [-0.4, -0.2) is 8.07 Å². The topological polar surface area (TPSA) is 0 Å². The lowest BCUT2D eigenvalue weighted by Gasteiger charge is -2.19. The van der Waals surface area contributed by atoms with E-state index in [0.29, 0.717) is 0 Å². The Morgan fingerprint density at radius 2 is 1.77 bits per heavy atom. The lowest BCUT2D eigenvalue weighted by atomic mass is 10.4. The second-order valence-corrected chi connectivity index (χ2v) is 8.55. The third-order valence-electron chi connectivity index (χ3n) is 2.26. The molecule has 13 heavy (non-hydrogen) atoms. The molecule has 68 valence electrons. The molecule has 1 aromatic rings. The Bertz CT molecular complexity index is 314. The molecule has 1 heteroatoms. The molecule has 0 spiro atoms. The Labute approximate surface area is 82.0 Å². The summed E-state index contributed by atoms with van der Waals surface area (Å²) in [6.07, 6.45) is 0. The van der Waals surface area contributed by atoms with Crippen molar-refractivity contribution in [2.45, 2.75) is 26.1 Å². The highest BCUT2D eigenvalue weighted by Gasteiger charge is 2.21. The summed E-state index contributed by atoms with van der Waals surface area (Å²) in [6.45, 7) is 6.65. The molecule has 0 N–H and O–H groups in total. The first-order chi connectivity index (χ1) is 6.17. The smallest absolute Gasteiger partial charge is 0.0926 e. The second-order valence-electron chi connectivity index (χ2n) is 3.85. The fourth-order valence-corrected chi connectivity index (χ4v) is 3.22. The van der Waals surface area contributed by atoms with Crippen LogP contribution < -0.4 is 5.19 Å². The Balaban J connectivity index is 2.85. The van der Waals surface area contributed by atoms with E-state index in [4.69, 9.17) is 0 Å². The SMILES string of the molecule is CC#CC[Si](C)(C)c1ccccc1. The van der Waals surface area contributed by atoms with Gasteiger partial charge in [-0.1, -0.05) is 48.6 Å². The first kappa shape index (κ1) is 10.1. The summed E-state index contributed by atoms with van der Waals surface area (Å²) in [7, 11) is -1.27. The van der Waals surface area contributed by atoms with Crippen molar-refractivity contribution in [3.8, 4) is 11.8 Å². The third kappa shape index (κ3) is 2.75. The molecule has 1 rings (SSSR count). The minimum absolute atomic E-state index is 1.06. The van der Waals surface area contributed by atoms with Gasteiger partial charge in [0.15, 0.2) is 0 Å². The van der Waals surface area contributed by atoms with Crippen molar-refractivity contribution < 1.29 is 0 Å². The molecule has 1 aromatic carbocycles. The molecule has 0 atom stereocenters. The molecular weight excluding hydrogens is 172 g/mol. The average Bonchev–Trinajstić information content (AvgIpc) is 2.16. The van der Waals surface area contributed by atoms with E-state index in [9.17, 15) is 0 Å². The van der Waals surface area contributed by atoms with Gasteiger partial charge in [-0.05, 0) is 6.92 Å². The van der Waals surface area contributed by atoms with E-state index in [0.717, 1.165) is 6.04 Å². The lowest BCUT2D eigenvalue weighted by Crippen LogP contribution is -2.40. The molecule has 0 bridgehead atoms. The van der Waals surface area contributed by atoms with Crippen molar-refractivity contribution in [1.29, 1.82) is 0 Å². The van der Waals surface area contributed by atoms with Crippen LogP contribution in [0.2, 0.25) is 19.1 Å². The van der Waals surface area contributed by atoms with Crippen molar-refractivity contribution >= 4 is 13.3 Å². The molecule has 0 unspecified atom stereocenters. The molecular formula is C12H16Si. The Morgan fingerprint density at radius 1 is 1.15 bits per heavy atom. The average molecular weight is 188 g/mol. The number of hydrogen-bond donors (Lipinski definition) is 0. The second kappa shape index (κ2) is 4.29. The van der Waals surface area contributed by atoms with E-state index in [1.807, 2.05) is 6.92 Å². The first-order valence-corrected chi connectivity index (χ1v) is 7.82. The molecule has 0 fully saturated rings. The van der Waals surface area contributed by atoms with Crippen molar-refractivity contribution in [1.82, 2.24) is 0 Å². The fourth-order valence-electron chi connectivity index (χ4n) is 1.30. The molecule has 0 aromatic heterocycles. The maximum absolute atomic E-state index is 3.20. The van der Waals surface area contributed by atoms with Gasteiger partial charge in [0.25, 0.3) is 0 Å².